The summed E-state index contributed by atoms with van der Waals surface area (Å²) in [5.41, 5.74) is 1.64. The van der Waals surface area contributed by atoms with Gasteiger partial charge in [-0.3, -0.25) is 0 Å². The van der Waals surface area contributed by atoms with Crippen molar-refractivity contribution in [2.24, 2.45) is 5.14 Å². The Morgan fingerprint density at radius 3 is 2.75 bits per heavy atom. The van der Waals surface area contributed by atoms with Crippen LogP contribution in [0.1, 0.15) is 25.3 Å². The first kappa shape index (κ1) is 22.7. The minimum absolute atomic E-state index is 0.00634. The molecule has 4 N–H and O–H groups in total. The Bertz CT molecular complexity index is 1220. The fourth-order valence-corrected chi connectivity index (χ4v) is 4.94. The monoisotopic (exact) mass is 480 g/mol. The first-order chi connectivity index (χ1) is 15.3. The predicted octanol–water partition coefficient (Wildman–Crippen LogP) is 2.99. The molecule has 2 aromatic carbocycles. The van der Waals surface area contributed by atoms with Gasteiger partial charge in [-0.2, -0.15) is 4.98 Å². The summed E-state index contributed by atoms with van der Waals surface area (Å²) in [5.74, 6) is 0.494. The number of hydrogen-bond acceptors (Lipinski definition) is 8. The third-order valence-electron chi connectivity index (χ3n) is 5.41. The Morgan fingerprint density at radius 2 is 2.06 bits per heavy atom. The van der Waals surface area contributed by atoms with E-state index >= 15 is 0 Å². The average molecular weight is 481 g/mol. The minimum Gasteiger partial charge on any atom is -0.504 e. The van der Waals surface area contributed by atoms with E-state index in [1.54, 1.807) is 12.1 Å². The van der Waals surface area contributed by atoms with E-state index < -0.39 is 10.0 Å². The van der Waals surface area contributed by atoms with E-state index in [-0.39, 0.29) is 27.3 Å². The van der Waals surface area contributed by atoms with Crippen molar-refractivity contribution < 1.29 is 22.7 Å². The van der Waals surface area contributed by atoms with Crippen LogP contribution in [0.5, 0.6) is 11.5 Å². The largest absolute Gasteiger partial charge is 0.504 e. The highest BCUT2D eigenvalue weighted by molar-refractivity contribution is 7.89. The second-order valence-corrected chi connectivity index (χ2v) is 9.57. The highest BCUT2D eigenvalue weighted by Gasteiger charge is 2.27. The SMILES string of the molecule is CCOc1cc(CN(c2nc3cc(Cl)c(S(N)(=O)=O)cc3o2)C2CCNCC2)ccc1O. The van der Waals surface area contributed by atoms with Gasteiger partial charge in [-0.1, -0.05) is 17.7 Å². The number of primary sulfonamides is 1. The third kappa shape index (κ3) is 4.78. The van der Waals surface area contributed by atoms with Crippen molar-refractivity contribution in [3.05, 3.63) is 40.9 Å². The van der Waals surface area contributed by atoms with Crippen LogP contribution < -0.4 is 20.1 Å². The molecular weight excluding hydrogens is 456 g/mol. The lowest BCUT2D eigenvalue weighted by atomic mass is 10.0. The molecule has 0 bridgehead atoms. The molecule has 0 atom stereocenters. The van der Waals surface area contributed by atoms with Crippen molar-refractivity contribution in [3.8, 4) is 11.5 Å². The van der Waals surface area contributed by atoms with Gasteiger partial charge in [0.05, 0.1) is 11.6 Å². The summed E-state index contributed by atoms with van der Waals surface area (Å²) >= 11 is 6.12. The van der Waals surface area contributed by atoms with Gasteiger partial charge in [-0.25, -0.2) is 13.6 Å². The molecule has 2 heterocycles. The number of sulfonamides is 1. The topological polar surface area (TPSA) is 131 Å². The normalized spacial score (nSPS) is 15.2. The van der Waals surface area contributed by atoms with Crippen LogP contribution in [0, 0.1) is 0 Å². The molecule has 11 heteroatoms. The first-order valence-electron chi connectivity index (χ1n) is 10.3. The van der Waals surface area contributed by atoms with Crippen LogP contribution in [-0.4, -0.2) is 44.2 Å². The smallest absolute Gasteiger partial charge is 0.298 e. The molecule has 0 amide bonds. The molecule has 0 saturated carbocycles. The fraction of sp³-hybridized carbons (Fsp3) is 0.381. The molecule has 32 heavy (non-hydrogen) atoms. The number of nitrogens with two attached hydrogens (primary N) is 1. The van der Waals surface area contributed by atoms with E-state index in [1.807, 2.05) is 17.9 Å². The molecule has 3 aromatic rings. The molecule has 4 rings (SSSR count). The summed E-state index contributed by atoms with van der Waals surface area (Å²) < 4.78 is 35.1. The van der Waals surface area contributed by atoms with Crippen LogP contribution in [-0.2, 0) is 16.6 Å². The number of nitrogens with zero attached hydrogens (tertiary/aromatic N) is 2. The Hall–Kier alpha value is -2.53. The number of fused-ring (bicyclic) bond motifs is 1. The maximum Gasteiger partial charge on any atom is 0.298 e. The van der Waals surface area contributed by atoms with Crippen molar-refractivity contribution >= 4 is 38.7 Å². The van der Waals surface area contributed by atoms with E-state index in [9.17, 15) is 13.5 Å². The lowest BCUT2D eigenvalue weighted by molar-refractivity contribution is 0.317. The number of anilines is 1. The second-order valence-electron chi connectivity index (χ2n) is 7.64. The highest BCUT2D eigenvalue weighted by Crippen LogP contribution is 2.33. The summed E-state index contributed by atoms with van der Waals surface area (Å²) in [6.07, 6.45) is 1.77. The number of halogens is 1. The molecule has 0 unspecified atom stereocenters. The molecule has 1 aliphatic heterocycles. The number of aromatic hydroxyl groups is 1. The molecule has 1 aliphatic rings. The molecule has 1 aromatic heterocycles. The van der Waals surface area contributed by atoms with E-state index in [2.05, 4.69) is 10.3 Å². The van der Waals surface area contributed by atoms with Crippen LogP contribution in [0.4, 0.5) is 6.01 Å². The zero-order valence-electron chi connectivity index (χ0n) is 17.5. The maximum atomic E-state index is 11.8. The minimum atomic E-state index is -4.00. The molecular formula is C21H25ClN4O5S. The number of oxazole rings is 1. The second kappa shape index (κ2) is 9.14. The molecule has 1 fully saturated rings. The maximum absolute atomic E-state index is 11.8. The van der Waals surface area contributed by atoms with E-state index in [1.165, 1.54) is 12.1 Å². The number of ether oxygens (including phenoxy) is 1. The molecule has 0 spiro atoms. The van der Waals surface area contributed by atoms with Crippen molar-refractivity contribution in [1.82, 2.24) is 10.3 Å². The van der Waals surface area contributed by atoms with Crippen molar-refractivity contribution in [3.63, 3.8) is 0 Å². The first-order valence-corrected chi connectivity index (χ1v) is 12.2. The van der Waals surface area contributed by atoms with Crippen LogP contribution >= 0.6 is 11.6 Å². The lowest BCUT2D eigenvalue weighted by Crippen LogP contribution is -2.43. The Balaban J connectivity index is 1.74. The van der Waals surface area contributed by atoms with Gasteiger partial charge in [0.1, 0.15) is 10.4 Å². The standard InChI is InChI=1S/C21H25ClN4O5S/c1-2-30-19-9-13(3-4-17(19)27)12-26(14-5-7-24-8-6-14)21-25-16-10-15(22)20(32(23,28)29)11-18(16)31-21/h3-4,9-11,14,24,27H,2,5-8,12H2,1H3,(H2,23,28,29). The van der Waals surface area contributed by atoms with Crippen molar-refractivity contribution in [2.45, 2.75) is 37.2 Å². The molecule has 172 valence electrons. The van der Waals surface area contributed by atoms with Gasteiger partial charge in [0.2, 0.25) is 10.0 Å². The molecule has 1 saturated heterocycles. The summed E-state index contributed by atoms with van der Waals surface area (Å²) in [4.78, 5) is 6.43. The van der Waals surface area contributed by atoms with Gasteiger partial charge in [0, 0.05) is 18.7 Å². The number of aromatic nitrogens is 1. The van der Waals surface area contributed by atoms with Gasteiger partial charge in [0.25, 0.3) is 6.01 Å². The molecule has 0 aliphatic carbocycles. The summed E-state index contributed by atoms with van der Waals surface area (Å²) in [7, 11) is -4.00. The zero-order valence-corrected chi connectivity index (χ0v) is 19.1. The van der Waals surface area contributed by atoms with E-state index in [4.69, 9.17) is 25.9 Å². The quantitative estimate of drug-likeness (QED) is 0.470. The van der Waals surface area contributed by atoms with E-state index in [0.717, 1.165) is 31.5 Å². The summed E-state index contributed by atoms with van der Waals surface area (Å²) in [5, 5.41) is 18.6. The number of hydrogen-bond donors (Lipinski definition) is 3. The predicted molar refractivity (Wildman–Crippen MR) is 122 cm³/mol. The Morgan fingerprint density at radius 1 is 1.31 bits per heavy atom. The lowest BCUT2D eigenvalue weighted by Gasteiger charge is -2.33. The fourth-order valence-electron chi connectivity index (χ4n) is 3.85. The number of phenols is 1. The average Bonchev–Trinajstić information content (AvgIpc) is 3.16. The van der Waals surface area contributed by atoms with Gasteiger partial charge < -0.3 is 24.5 Å². The van der Waals surface area contributed by atoms with Crippen molar-refractivity contribution in [2.75, 3.05) is 24.6 Å². The number of phenolic OH excluding ortho intramolecular Hbond substituents is 1. The number of piperidine rings is 1. The van der Waals surface area contributed by atoms with E-state index in [0.29, 0.717) is 30.4 Å². The number of rotatable bonds is 7. The van der Waals surface area contributed by atoms with Crippen LogP contribution in [0.15, 0.2) is 39.6 Å². The molecule has 9 nitrogen and oxygen atoms in total. The summed E-state index contributed by atoms with van der Waals surface area (Å²) in [6, 6.07) is 8.49. The van der Waals surface area contributed by atoms with Crippen LogP contribution in [0.3, 0.4) is 0 Å². The van der Waals surface area contributed by atoms with Crippen LogP contribution in [0.25, 0.3) is 11.1 Å². The molecule has 0 radical (unpaired) electrons. The number of nitrogens with one attached hydrogen (secondary N) is 1. The number of benzene rings is 2. The third-order valence-corrected chi connectivity index (χ3v) is 6.79. The van der Waals surface area contributed by atoms with Gasteiger partial charge in [-0.05, 0) is 56.6 Å². The van der Waals surface area contributed by atoms with Gasteiger partial charge in [-0.15, -0.1) is 0 Å². The van der Waals surface area contributed by atoms with Crippen molar-refractivity contribution in [1.29, 1.82) is 0 Å². The Kier molecular flexibility index (Phi) is 6.47. The van der Waals surface area contributed by atoms with Gasteiger partial charge in [0.15, 0.2) is 17.1 Å². The van der Waals surface area contributed by atoms with Gasteiger partial charge >= 0.3 is 0 Å². The zero-order chi connectivity index (χ0) is 22.9. The Labute approximate surface area is 191 Å². The van der Waals surface area contributed by atoms with Crippen LogP contribution in [0.2, 0.25) is 5.02 Å². The summed E-state index contributed by atoms with van der Waals surface area (Å²) in [6.45, 7) is 4.48. The highest BCUT2D eigenvalue weighted by atomic mass is 35.5.